The van der Waals surface area contributed by atoms with E-state index in [4.69, 9.17) is 20.9 Å². The van der Waals surface area contributed by atoms with Crippen LogP contribution in [0.25, 0.3) is 0 Å². The quantitative estimate of drug-likeness (QED) is 0.706. The van der Waals surface area contributed by atoms with Gasteiger partial charge in [-0.05, 0) is 51.0 Å². The number of carbonyl (C=O) groups is 1. The molecule has 24 heavy (non-hydrogen) atoms. The fourth-order valence-electron chi connectivity index (χ4n) is 2.36. The highest BCUT2D eigenvalue weighted by molar-refractivity contribution is 6.31. The maximum absolute atomic E-state index is 12.2. The molecule has 0 aliphatic heterocycles. The minimum absolute atomic E-state index is 0.0749. The molecule has 0 fully saturated rings. The summed E-state index contributed by atoms with van der Waals surface area (Å²) in [5.41, 5.74) is 2.77. The molecule has 0 unspecified atom stereocenters. The number of halogens is 1. The molecule has 130 valence electrons. The van der Waals surface area contributed by atoms with Crippen molar-refractivity contribution in [3.05, 3.63) is 45.8 Å². The van der Waals surface area contributed by atoms with Crippen LogP contribution in [0.15, 0.2) is 22.7 Å². The third-order valence-electron chi connectivity index (χ3n) is 3.94. The van der Waals surface area contributed by atoms with Crippen LogP contribution in [-0.4, -0.2) is 29.6 Å². The van der Waals surface area contributed by atoms with E-state index in [1.54, 1.807) is 11.9 Å². The molecule has 0 radical (unpaired) electrons. The van der Waals surface area contributed by atoms with Crippen molar-refractivity contribution >= 4 is 17.5 Å². The zero-order valence-electron chi connectivity index (χ0n) is 14.6. The van der Waals surface area contributed by atoms with Gasteiger partial charge in [-0.2, -0.15) is 0 Å². The lowest BCUT2D eigenvalue weighted by molar-refractivity contribution is -0.130. The van der Waals surface area contributed by atoms with Gasteiger partial charge >= 0.3 is 0 Å². The Balaban J connectivity index is 1.75. The van der Waals surface area contributed by atoms with Crippen LogP contribution in [0.3, 0.4) is 0 Å². The van der Waals surface area contributed by atoms with Gasteiger partial charge in [-0.3, -0.25) is 4.79 Å². The average molecular weight is 351 g/mol. The van der Waals surface area contributed by atoms with E-state index in [1.807, 2.05) is 39.0 Å². The predicted octanol–water partition coefficient (Wildman–Crippen LogP) is 4.07. The van der Waals surface area contributed by atoms with E-state index in [-0.39, 0.29) is 5.91 Å². The number of ether oxygens (including phenoxy) is 1. The number of carbonyl (C=O) groups excluding carboxylic acids is 1. The highest BCUT2D eigenvalue weighted by Crippen LogP contribution is 2.21. The molecule has 1 amide bonds. The predicted molar refractivity (Wildman–Crippen MR) is 93.4 cm³/mol. The Bertz CT molecular complexity index is 693. The standard InChI is InChI=1S/C18H23ClN2O3/c1-12-10-15(7-8-17(12)19)23-9-5-6-18(22)21(4)11-16-13(2)20-24-14(16)3/h7-8,10H,5-6,9,11H2,1-4H3. The fourth-order valence-corrected chi connectivity index (χ4v) is 2.48. The third kappa shape index (κ3) is 4.74. The molecule has 1 aromatic carbocycles. The lowest BCUT2D eigenvalue weighted by atomic mass is 10.2. The Labute approximate surface area is 147 Å². The third-order valence-corrected chi connectivity index (χ3v) is 4.36. The monoisotopic (exact) mass is 350 g/mol. The number of hydrogen-bond donors (Lipinski definition) is 0. The van der Waals surface area contributed by atoms with Crippen LogP contribution >= 0.6 is 11.6 Å². The van der Waals surface area contributed by atoms with Crippen molar-refractivity contribution in [1.82, 2.24) is 10.1 Å². The maximum atomic E-state index is 12.2. The highest BCUT2D eigenvalue weighted by Gasteiger charge is 2.15. The first-order chi connectivity index (χ1) is 11.4. The van der Waals surface area contributed by atoms with Crippen LogP contribution in [-0.2, 0) is 11.3 Å². The molecule has 1 heterocycles. The summed E-state index contributed by atoms with van der Waals surface area (Å²) in [6.07, 6.45) is 1.10. The van der Waals surface area contributed by atoms with Crippen molar-refractivity contribution < 1.29 is 14.1 Å². The molecule has 0 saturated carbocycles. The van der Waals surface area contributed by atoms with Crippen molar-refractivity contribution in [3.63, 3.8) is 0 Å². The van der Waals surface area contributed by atoms with Crippen LogP contribution in [0.4, 0.5) is 0 Å². The Morgan fingerprint density at radius 1 is 1.33 bits per heavy atom. The van der Waals surface area contributed by atoms with Gasteiger partial charge in [0.1, 0.15) is 11.5 Å². The molecular weight excluding hydrogens is 328 g/mol. The summed E-state index contributed by atoms with van der Waals surface area (Å²) in [7, 11) is 1.79. The summed E-state index contributed by atoms with van der Waals surface area (Å²) in [4.78, 5) is 13.9. The molecule has 5 nitrogen and oxygen atoms in total. The van der Waals surface area contributed by atoms with Crippen LogP contribution in [0.1, 0.15) is 35.4 Å². The second-order valence-corrected chi connectivity index (χ2v) is 6.32. The van der Waals surface area contributed by atoms with E-state index < -0.39 is 0 Å². The van der Waals surface area contributed by atoms with Gasteiger partial charge in [0.15, 0.2) is 0 Å². The van der Waals surface area contributed by atoms with E-state index in [0.29, 0.717) is 26.0 Å². The molecule has 0 bridgehead atoms. The smallest absolute Gasteiger partial charge is 0.222 e. The SMILES string of the molecule is Cc1cc(OCCCC(=O)N(C)Cc2c(C)noc2C)ccc1Cl. The second kappa shape index (κ2) is 8.20. The molecule has 0 atom stereocenters. The van der Waals surface area contributed by atoms with Crippen LogP contribution < -0.4 is 4.74 Å². The van der Waals surface area contributed by atoms with Crippen LogP contribution in [0.5, 0.6) is 5.75 Å². The van der Waals surface area contributed by atoms with Gasteiger partial charge in [0.05, 0.1) is 18.8 Å². The summed E-state index contributed by atoms with van der Waals surface area (Å²) >= 11 is 5.98. The normalized spacial score (nSPS) is 10.7. The largest absolute Gasteiger partial charge is 0.494 e. The van der Waals surface area contributed by atoms with Gasteiger partial charge < -0.3 is 14.2 Å². The van der Waals surface area contributed by atoms with Crippen molar-refractivity contribution in [2.24, 2.45) is 0 Å². The van der Waals surface area contributed by atoms with Gasteiger partial charge in [-0.25, -0.2) is 0 Å². The molecule has 1 aromatic heterocycles. The Hall–Kier alpha value is -2.01. The summed E-state index contributed by atoms with van der Waals surface area (Å²) in [6.45, 7) is 6.67. The number of benzene rings is 1. The number of nitrogens with zero attached hydrogens (tertiary/aromatic N) is 2. The molecule has 0 aliphatic carbocycles. The number of hydrogen-bond acceptors (Lipinski definition) is 4. The molecule has 0 spiro atoms. The second-order valence-electron chi connectivity index (χ2n) is 5.92. The van der Waals surface area contributed by atoms with Crippen molar-refractivity contribution in [1.29, 1.82) is 0 Å². The van der Waals surface area contributed by atoms with Gasteiger partial charge in [0, 0.05) is 24.1 Å². The number of aromatic nitrogens is 1. The fraction of sp³-hybridized carbons (Fsp3) is 0.444. The van der Waals surface area contributed by atoms with Crippen LogP contribution in [0, 0.1) is 20.8 Å². The minimum atomic E-state index is 0.0749. The van der Waals surface area contributed by atoms with Gasteiger partial charge in [-0.1, -0.05) is 16.8 Å². The zero-order valence-corrected chi connectivity index (χ0v) is 15.3. The first kappa shape index (κ1) is 18.3. The summed E-state index contributed by atoms with van der Waals surface area (Å²) in [5, 5.41) is 4.63. The van der Waals surface area contributed by atoms with E-state index in [9.17, 15) is 4.79 Å². The highest BCUT2D eigenvalue weighted by atomic mass is 35.5. The van der Waals surface area contributed by atoms with Crippen molar-refractivity contribution in [2.45, 2.75) is 40.2 Å². The number of amides is 1. The number of rotatable bonds is 7. The minimum Gasteiger partial charge on any atom is -0.494 e. The topological polar surface area (TPSA) is 55.6 Å². The summed E-state index contributed by atoms with van der Waals surface area (Å²) < 4.78 is 10.8. The Kier molecular flexibility index (Phi) is 6.26. The first-order valence-corrected chi connectivity index (χ1v) is 8.31. The molecule has 2 rings (SSSR count). The van der Waals surface area contributed by atoms with Crippen LogP contribution in [0.2, 0.25) is 5.02 Å². The maximum Gasteiger partial charge on any atom is 0.222 e. The van der Waals surface area contributed by atoms with Gasteiger partial charge in [0.25, 0.3) is 0 Å². The molecule has 0 N–H and O–H groups in total. The van der Waals surface area contributed by atoms with Gasteiger partial charge in [0.2, 0.25) is 5.91 Å². The number of aryl methyl sites for hydroxylation is 3. The van der Waals surface area contributed by atoms with Crippen molar-refractivity contribution in [2.75, 3.05) is 13.7 Å². The molecular formula is C18H23ClN2O3. The Morgan fingerprint density at radius 2 is 2.08 bits per heavy atom. The lowest BCUT2D eigenvalue weighted by Gasteiger charge is -2.17. The summed E-state index contributed by atoms with van der Waals surface area (Å²) in [5.74, 6) is 1.60. The molecule has 0 saturated heterocycles. The zero-order chi connectivity index (χ0) is 17.7. The first-order valence-electron chi connectivity index (χ1n) is 7.93. The van der Waals surface area contributed by atoms with Crippen molar-refractivity contribution in [3.8, 4) is 5.75 Å². The molecule has 2 aromatic rings. The molecule has 6 heteroatoms. The van der Waals surface area contributed by atoms with E-state index in [1.165, 1.54) is 0 Å². The summed E-state index contributed by atoms with van der Waals surface area (Å²) in [6, 6.07) is 5.54. The van der Waals surface area contributed by atoms with Gasteiger partial charge in [-0.15, -0.1) is 0 Å². The van der Waals surface area contributed by atoms with E-state index in [0.717, 1.165) is 33.4 Å². The van der Waals surface area contributed by atoms with E-state index >= 15 is 0 Å². The Morgan fingerprint density at radius 3 is 2.71 bits per heavy atom. The average Bonchev–Trinajstić information content (AvgIpc) is 2.86. The lowest BCUT2D eigenvalue weighted by Crippen LogP contribution is -2.26. The molecule has 0 aliphatic rings. The van der Waals surface area contributed by atoms with E-state index in [2.05, 4.69) is 5.16 Å².